The highest BCUT2D eigenvalue weighted by molar-refractivity contribution is 5.94. The molecule has 1 amide bonds. The smallest absolute Gasteiger partial charge is 0.232 e. The fraction of sp³-hybridized carbons (Fsp3) is 0.286. The zero-order valence-corrected chi connectivity index (χ0v) is 15.7. The molecule has 1 aromatic heterocycles. The van der Waals surface area contributed by atoms with E-state index in [1.165, 1.54) is 11.9 Å². The minimum absolute atomic E-state index is 0.0306. The highest BCUT2D eigenvalue weighted by Gasteiger charge is 2.41. The number of hydrogen-bond donors (Lipinski definition) is 2. The summed E-state index contributed by atoms with van der Waals surface area (Å²) in [7, 11) is 0. The maximum absolute atomic E-state index is 13.3. The summed E-state index contributed by atoms with van der Waals surface area (Å²) < 4.78 is 1.81. The first-order chi connectivity index (χ1) is 13.0. The number of carbonyl (C=O) groups excluding carboxylic acids is 1. The number of aryl methyl sites for hydroxylation is 2. The van der Waals surface area contributed by atoms with Crippen molar-refractivity contribution in [2.45, 2.75) is 32.9 Å². The minimum Gasteiger partial charge on any atom is -0.351 e. The summed E-state index contributed by atoms with van der Waals surface area (Å²) in [5.74, 6) is 0.325. The number of nitrogens with one attached hydrogen (secondary N) is 2. The van der Waals surface area contributed by atoms with Crippen LogP contribution in [0, 0.1) is 19.8 Å². The molecule has 27 heavy (non-hydrogen) atoms. The van der Waals surface area contributed by atoms with E-state index in [4.69, 9.17) is 0 Å². The van der Waals surface area contributed by atoms with Crippen LogP contribution in [0.15, 0.2) is 54.9 Å². The third kappa shape index (κ3) is 3.18. The average molecular weight is 361 g/mol. The lowest BCUT2D eigenvalue weighted by Crippen LogP contribution is -2.46. The molecule has 1 aliphatic rings. The predicted octanol–water partition coefficient (Wildman–Crippen LogP) is 3.55. The minimum atomic E-state index is -0.331. The molecule has 4 rings (SSSR count). The van der Waals surface area contributed by atoms with Crippen molar-refractivity contribution in [3.05, 3.63) is 71.5 Å². The molecule has 0 saturated carbocycles. The van der Waals surface area contributed by atoms with Crippen molar-refractivity contribution in [3.63, 3.8) is 0 Å². The highest BCUT2D eigenvalue weighted by atomic mass is 16.2. The Kier molecular flexibility index (Phi) is 4.39. The van der Waals surface area contributed by atoms with E-state index in [9.17, 15) is 4.79 Å². The van der Waals surface area contributed by atoms with Gasteiger partial charge >= 0.3 is 0 Å². The molecule has 0 bridgehead atoms. The van der Waals surface area contributed by atoms with Gasteiger partial charge in [-0.1, -0.05) is 48.0 Å². The molecule has 138 valence electrons. The van der Waals surface area contributed by atoms with Crippen molar-refractivity contribution in [3.8, 4) is 0 Å². The van der Waals surface area contributed by atoms with Gasteiger partial charge in [-0.05, 0) is 38.0 Å². The van der Waals surface area contributed by atoms with Crippen LogP contribution in [0.25, 0.3) is 0 Å². The van der Waals surface area contributed by atoms with Gasteiger partial charge in [0.15, 0.2) is 0 Å². The molecule has 2 aromatic carbocycles. The van der Waals surface area contributed by atoms with E-state index in [0.29, 0.717) is 5.95 Å². The van der Waals surface area contributed by atoms with E-state index in [0.717, 1.165) is 16.8 Å². The zero-order valence-electron chi connectivity index (χ0n) is 15.7. The molecule has 3 atom stereocenters. The number of rotatable bonds is 3. The molecule has 0 unspecified atom stereocenters. The number of amides is 1. The third-order valence-corrected chi connectivity index (χ3v) is 5.16. The summed E-state index contributed by atoms with van der Waals surface area (Å²) in [5.41, 5.74) is 4.11. The summed E-state index contributed by atoms with van der Waals surface area (Å²) >= 11 is 0. The second-order valence-electron chi connectivity index (χ2n) is 7.15. The van der Waals surface area contributed by atoms with Gasteiger partial charge < -0.3 is 10.6 Å². The van der Waals surface area contributed by atoms with Crippen LogP contribution in [0.4, 0.5) is 11.6 Å². The highest BCUT2D eigenvalue weighted by Crippen LogP contribution is 2.36. The van der Waals surface area contributed by atoms with E-state index in [-0.39, 0.29) is 23.9 Å². The second kappa shape index (κ2) is 6.87. The van der Waals surface area contributed by atoms with Gasteiger partial charge in [-0.25, -0.2) is 4.68 Å². The number of aromatic nitrogens is 3. The topological polar surface area (TPSA) is 71.8 Å². The molecule has 1 aliphatic heterocycles. The molecule has 2 heterocycles. The lowest BCUT2D eigenvalue weighted by molar-refractivity contribution is -0.121. The molecule has 6 heteroatoms. The Morgan fingerprint density at radius 2 is 1.93 bits per heavy atom. The Bertz CT molecular complexity index is 966. The normalized spacial score (nSPS) is 21.2. The summed E-state index contributed by atoms with van der Waals surface area (Å²) in [4.78, 5) is 17.6. The molecular weight excluding hydrogens is 338 g/mol. The summed E-state index contributed by atoms with van der Waals surface area (Å²) in [6.45, 7) is 6.07. The molecule has 0 fully saturated rings. The van der Waals surface area contributed by atoms with Crippen molar-refractivity contribution in [2.24, 2.45) is 5.92 Å². The van der Waals surface area contributed by atoms with Crippen LogP contribution in [0.1, 0.15) is 29.7 Å². The summed E-state index contributed by atoms with van der Waals surface area (Å²) in [6, 6.07) is 15.7. The standard InChI is InChI=1S/C21H23N5O/c1-13-9-10-17(14(2)11-13)25-20(27)18-15(3)24-21-22-12-23-26(21)19(18)16-7-5-4-6-8-16/h4-12,15,18-19H,1-3H3,(H,25,27)(H,22,23,24)/t15-,18-,19+/m0/s1. The predicted molar refractivity (Wildman–Crippen MR) is 106 cm³/mol. The molecule has 2 N–H and O–H groups in total. The van der Waals surface area contributed by atoms with Crippen LogP contribution < -0.4 is 10.6 Å². The third-order valence-electron chi connectivity index (χ3n) is 5.16. The number of carbonyl (C=O) groups is 1. The van der Waals surface area contributed by atoms with E-state index in [1.807, 2.05) is 67.9 Å². The molecule has 0 saturated heterocycles. The number of nitrogens with zero attached hydrogens (tertiary/aromatic N) is 3. The van der Waals surface area contributed by atoms with Gasteiger partial charge in [0.1, 0.15) is 6.33 Å². The van der Waals surface area contributed by atoms with Gasteiger partial charge in [0.25, 0.3) is 0 Å². The first-order valence-electron chi connectivity index (χ1n) is 9.13. The first kappa shape index (κ1) is 17.3. The van der Waals surface area contributed by atoms with Gasteiger partial charge in [-0.3, -0.25) is 4.79 Å². The van der Waals surface area contributed by atoms with Crippen molar-refractivity contribution in [1.29, 1.82) is 0 Å². The molecular formula is C21H23N5O. The Labute approximate surface area is 158 Å². The van der Waals surface area contributed by atoms with Gasteiger partial charge in [0.05, 0.1) is 12.0 Å². The molecule has 6 nitrogen and oxygen atoms in total. The second-order valence-corrected chi connectivity index (χ2v) is 7.15. The maximum Gasteiger partial charge on any atom is 0.232 e. The van der Waals surface area contributed by atoms with Gasteiger partial charge in [-0.15, -0.1) is 0 Å². The van der Waals surface area contributed by atoms with Crippen LogP contribution in [0.3, 0.4) is 0 Å². The monoisotopic (exact) mass is 361 g/mol. The number of anilines is 2. The zero-order chi connectivity index (χ0) is 19.0. The lowest BCUT2D eigenvalue weighted by Gasteiger charge is -2.37. The van der Waals surface area contributed by atoms with E-state index in [2.05, 4.69) is 26.8 Å². The van der Waals surface area contributed by atoms with Crippen LogP contribution in [0.5, 0.6) is 0 Å². The van der Waals surface area contributed by atoms with Gasteiger partial charge in [0, 0.05) is 11.7 Å². The maximum atomic E-state index is 13.3. The number of fused-ring (bicyclic) bond motifs is 1. The van der Waals surface area contributed by atoms with Gasteiger partial charge in [-0.2, -0.15) is 10.1 Å². The van der Waals surface area contributed by atoms with E-state index < -0.39 is 0 Å². The summed E-state index contributed by atoms with van der Waals surface area (Å²) in [5, 5.41) is 10.8. The SMILES string of the molecule is Cc1ccc(NC(=O)[C@H]2[C@H](C)Nc3ncnn3[C@@H]2c2ccccc2)c(C)c1. The molecule has 0 aliphatic carbocycles. The molecule has 3 aromatic rings. The fourth-order valence-corrected chi connectivity index (χ4v) is 3.82. The van der Waals surface area contributed by atoms with Crippen molar-refractivity contribution < 1.29 is 4.79 Å². The average Bonchev–Trinajstić information content (AvgIpc) is 3.11. The molecule has 0 radical (unpaired) electrons. The van der Waals surface area contributed by atoms with Crippen molar-refractivity contribution in [1.82, 2.24) is 14.8 Å². The Morgan fingerprint density at radius 1 is 1.15 bits per heavy atom. The summed E-state index contributed by atoms with van der Waals surface area (Å²) in [6.07, 6.45) is 1.52. The van der Waals surface area contributed by atoms with E-state index >= 15 is 0 Å². The lowest BCUT2D eigenvalue weighted by atomic mass is 9.85. The Balaban J connectivity index is 1.71. The largest absolute Gasteiger partial charge is 0.351 e. The van der Waals surface area contributed by atoms with Crippen molar-refractivity contribution >= 4 is 17.5 Å². The van der Waals surface area contributed by atoms with Crippen LogP contribution >= 0.6 is 0 Å². The Morgan fingerprint density at radius 3 is 2.67 bits per heavy atom. The number of benzene rings is 2. The van der Waals surface area contributed by atoms with E-state index in [1.54, 1.807) is 0 Å². The van der Waals surface area contributed by atoms with Crippen LogP contribution in [-0.2, 0) is 4.79 Å². The van der Waals surface area contributed by atoms with Crippen LogP contribution in [-0.4, -0.2) is 26.7 Å². The van der Waals surface area contributed by atoms with Crippen LogP contribution in [0.2, 0.25) is 0 Å². The van der Waals surface area contributed by atoms with Crippen molar-refractivity contribution in [2.75, 3.05) is 10.6 Å². The quantitative estimate of drug-likeness (QED) is 0.748. The Hall–Kier alpha value is -3.15. The van der Waals surface area contributed by atoms with Gasteiger partial charge in [0.2, 0.25) is 11.9 Å². The first-order valence-corrected chi connectivity index (χ1v) is 9.13. The fourth-order valence-electron chi connectivity index (χ4n) is 3.82. The molecule has 0 spiro atoms. The number of hydrogen-bond acceptors (Lipinski definition) is 4.